The number of benzene rings is 1. The molecule has 0 aromatic heterocycles. The van der Waals surface area contributed by atoms with Crippen molar-refractivity contribution in [1.82, 2.24) is 5.32 Å². The summed E-state index contributed by atoms with van der Waals surface area (Å²) < 4.78 is 37.4. The van der Waals surface area contributed by atoms with Crippen LogP contribution < -0.4 is 11.1 Å². The standard InChI is InChI=1S/C14H19F3N2/c15-14(16,17)12-5-3-11(4-6-12)13(9-18)19-8-7-10-1-2-10/h3-6,10,13,19H,1-2,7-9,18H2. The monoisotopic (exact) mass is 272 g/mol. The summed E-state index contributed by atoms with van der Waals surface area (Å²) >= 11 is 0. The second-order valence-corrected chi connectivity index (χ2v) is 5.09. The lowest BCUT2D eigenvalue weighted by atomic mass is 10.0. The fraction of sp³-hybridized carbons (Fsp3) is 0.571. The van der Waals surface area contributed by atoms with Crippen molar-refractivity contribution in [3.8, 4) is 0 Å². The maximum atomic E-state index is 12.5. The van der Waals surface area contributed by atoms with Crippen molar-refractivity contribution < 1.29 is 13.2 Å². The van der Waals surface area contributed by atoms with Gasteiger partial charge in [-0.3, -0.25) is 0 Å². The molecule has 1 unspecified atom stereocenters. The van der Waals surface area contributed by atoms with E-state index < -0.39 is 11.7 Å². The predicted molar refractivity (Wildman–Crippen MR) is 68.6 cm³/mol. The van der Waals surface area contributed by atoms with E-state index in [1.54, 1.807) is 0 Å². The number of halogens is 3. The molecule has 2 rings (SSSR count). The Bertz CT molecular complexity index is 396. The summed E-state index contributed by atoms with van der Waals surface area (Å²) in [6, 6.07) is 5.16. The van der Waals surface area contributed by atoms with E-state index in [0.29, 0.717) is 6.54 Å². The van der Waals surface area contributed by atoms with Crippen LogP contribution in [-0.2, 0) is 6.18 Å². The molecule has 0 amide bonds. The van der Waals surface area contributed by atoms with Gasteiger partial charge in [-0.1, -0.05) is 25.0 Å². The number of hydrogen-bond acceptors (Lipinski definition) is 2. The Labute approximate surface area is 111 Å². The summed E-state index contributed by atoms with van der Waals surface area (Å²) in [4.78, 5) is 0. The van der Waals surface area contributed by atoms with Crippen LogP contribution in [0.5, 0.6) is 0 Å². The summed E-state index contributed by atoms with van der Waals surface area (Å²) in [5.74, 6) is 0.832. The van der Waals surface area contributed by atoms with Gasteiger partial charge < -0.3 is 11.1 Å². The van der Waals surface area contributed by atoms with Crippen LogP contribution in [0.1, 0.15) is 36.4 Å². The zero-order chi connectivity index (χ0) is 13.9. The van der Waals surface area contributed by atoms with Crippen molar-refractivity contribution in [2.75, 3.05) is 13.1 Å². The quantitative estimate of drug-likeness (QED) is 0.835. The second kappa shape index (κ2) is 5.92. The highest BCUT2D eigenvalue weighted by Gasteiger charge is 2.30. The first-order chi connectivity index (χ1) is 9.00. The van der Waals surface area contributed by atoms with Gasteiger partial charge in [0, 0.05) is 12.6 Å². The first-order valence-electron chi connectivity index (χ1n) is 6.61. The smallest absolute Gasteiger partial charge is 0.329 e. The van der Waals surface area contributed by atoms with E-state index in [2.05, 4.69) is 5.32 Å². The molecule has 106 valence electrons. The molecule has 19 heavy (non-hydrogen) atoms. The molecule has 0 heterocycles. The van der Waals surface area contributed by atoms with Gasteiger partial charge in [0.05, 0.1) is 5.56 Å². The third kappa shape index (κ3) is 4.21. The minimum Gasteiger partial charge on any atom is -0.329 e. The topological polar surface area (TPSA) is 38.0 Å². The Balaban J connectivity index is 1.93. The number of nitrogens with two attached hydrogens (primary N) is 1. The van der Waals surface area contributed by atoms with Crippen LogP contribution in [0.4, 0.5) is 13.2 Å². The molecule has 1 aliphatic carbocycles. The molecule has 1 atom stereocenters. The van der Waals surface area contributed by atoms with Crippen molar-refractivity contribution in [2.45, 2.75) is 31.5 Å². The highest BCUT2D eigenvalue weighted by atomic mass is 19.4. The molecule has 2 nitrogen and oxygen atoms in total. The van der Waals surface area contributed by atoms with Gasteiger partial charge >= 0.3 is 6.18 Å². The van der Waals surface area contributed by atoms with E-state index in [-0.39, 0.29) is 6.04 Å². The molecular weight excluding hydrogens is 253 g/mol. The van der Waals surface area contributed by atoms with Crippen LogP contribution in [-0.4, -0.2) is 13.1 Å². The molecule has 0 saturated heterocycles. The SMILES string of the molecule is NCC(NCCC1CC1)c1ccc(C(F)(F)F)cc1. The van der Waals surface area contributed by atoms with Crippen LogP contribution in [0, 0.1) is 5.92 Å². The number of nitrogens with one attached hydrogen (secondary N) is 1. The van der Waals surface area contributed by atoms with Crippen molar-refractivity contribution in [3.05, 3.63) is 35.4 Å². The van der Waals surface area contributed by atoms with Gasteiger partial charge in [-0.05, 0) is 36.6 Å². The van der Waals surface area contributed by atoms with E-state index in [4.69, 9.17) is 5.73 Å². The second-order valence-electron chi connectivity index (χ2n) is 5.09. The predicted octanol–water partition coefficient (Wildman–Crippen LogP) is 3.09. The maximum absolute atomic E-state index is 12.5. The fourth-order valence-corrected chi connectivity index (χ4v) is 2.11. The van der Waals surface area contributed by atoms with Gasteiger partial charge in [0.2, 0.25) is 0 Å². The normalized spacial score (nSPS) is 17.5. The highest BCUT2D eigenvalue weighted by Crippen LogP contribution is 2.32. The molecule has 1 saturated carbocycles. The average Bonchev–Trinajstić information content (AvgIpc) is 3.18. The van der Waals surface area contributed by atoms with Gasteiger partial charge in [0.1, 0.15) is 0 Å². The average molecular weight is 272 g/mol. The Morgan fingerprint density at radius 3 is 2.32 bits per heavy atom. The zero-order valence-electron chi connectivity index (χ0n) is 10.7. The first-order valence-corrected chi connectivity index (χ1v) is 6.61. The van der Waals surface area contributed by atoms with Crippen LogP contribution >= 0.6 is 0 Å². The van der Waals surface area contributed by atoms with Gasteiger partial charge in [0.15, 0.2) is 0 Å². The Kier molecular flexibility index (Phi) is 4.47. The maximum Gasteiger partial charge on any atom is 0.416 e. The van der Waals surface area contributed by atoms with Gasteiger partial charge in [0.25, 0.3) is 0 Å². The van der Waals surface area contributed by atoms with E-state index in [0.717, 1.165) is 36.6 Å². The molecule has 0 aliphatic heterocycles. The summed E-state index contributed by atoms with van der Waals surface area (Å²) in [7, 11) is 0. The lowest BCUT2D eigenvalue weighted by molar-refractivity contribution is -0.137. The van der Waals surface area contributed by atoms with Crippen molar-refractivity contribution in [1.29, 1.82) is 0 Å². The van der Waals surface area contributed by atoms with Crippen molar-refractivity contribution >= 4 is 0 Å². The molecule has 1 aliphatic rings. The van der Waals surface area contributed by atoms with Crippen LogP contribution in [0.25, 0.3) is 0 Å². The minimum absolute atomic E-state index is 0.0685. The number of alkyl halides is 3. The Morgan fingerprint density at radius 1 is 1.21 bits per heavy atom. The van der Waals surface area contributed by atoms with Gasteiger partial charge in [-0.25, -0.2) is 0 Å². The number of hydrogen-bond donors (Lipinski definition) is 2. The Hall–Kier alpha value is -1.07. The van der Waals surface area contributed by atoms with Crippen LogP contribution in [0.2, 0.25) is 0 Å². The van der Waals surface area contributed by atoms with Crippen molar-refractivity contribution in [3.63, 3.8) is 0 Å². The zero-order valence-corrected chi connectivity index (χ0v) is 10.7. The summed E-state index contributed by atoms with van der Waals surface area (Å²) in [6.07, 6.45) is -0.558. The Morgan fingerprint density at radius 2 is 1.84 bits per heavy atom. The molecule has 1 aromatic carbocycles. The van der Waals surface area contributed by atoms with Crippen molar-refractivity contribution in [2.24, 2.45) is 11.7 Å². The fourth-order valence-electron chi connectivity index (χ4n) is 2.11. The van der Waals surface area contributed by atoms with E-state index in [1.165, 1.54) is 25.0 Å². The third-order valence-electron chi connectivity index (χ3n) is 3.52. The third-order valence-corrected chi connectivity index (χ3v) is 3.52. The molecule has 0 radical (unpaired) electrons. The lowest BCUT2D eigenvalue weighted by Crippen LogP contribution is -2.29. The van der Waals surface area contributed by atoms with Crippen LogP contribution in [0.3, 0.4) is 0 Å². The van der Waals surface area contributed by atoms with E-state index in [9.17, 15) is 13.2 Å². The number of rotatable bonds is 6. The van der Waals surface area contributed by atoms with Crippen LogP contribution in [0.15, 0.2) is 24.3 Å². The largest absolute Gasteiger partial charge is 0.416 e. The molecule has 0 spiro atoms. The van der Waals surface area contributed by atoms with E-state index >= 15 is 0 Å². The molecule has 3 N–H and O–H groups in total. The summed E-state index contributed by atoms with van der Waals surface area (Å²) in [5.41, 5.74) is 5.87. The minimum atomic E-state index is -4.28. The molecule has 1 fully saturated rings. The highest BCUT2D eigenvalue weighted by molar-refractivity contribution is 5.27. The molecule has 1 aromatic rings. The van der Waals surface area contributed by atoms with Gasteiger partial charge in [-0.2, -0.15) is 13.2 Å². The van der Waals surface area contributed by atoms with E-state index in [1.807, 2.05) is 0 Å². The molecular formula is C14H19F3N2. The summed E-state index contributed by atoms with van der Waals surface area (Å²) in [5, 5.41) is 3.31. The van der Waals surface area contributed by atoms with Gasteiger partial charge in [-0.15, -0.1) is 0 Å². The summed E-state index contributed by atoms with van der Waals surface area (Å²) in [6.45, 7) is 1.25. The molecule has 0 bridgehead atoms. The first kappa shape index (κ1) is 14.3. The molecule has 5 heteroatoms. The lowest BCUT2D eigenvalue weighted by Gasteiger charge is -2.18.